The zero-order valence-corrected chi connectivity index (χ0v) is 9.76. The molecule has 0 aliphatic carbocycles. The van der Waals surface area contributed by atoms with Crippen LogP contribution in [0.3, 0.4) is 0 Å². The second-order valence-corrected chi connectivity index (χ2v) is 5.32. The predicted octanol–water partition coefficient (Wildman–Crippen LogP) is 4.26. The van der Waals surface area contributed by atoms with E-state index in [1.54, 1.807) is 11.3 Å². The van der Waals surface area contributed by atoms with Crippen molar-refractivity contribution in [2.24, 2.45) is 0 Å². The number of benzene rings is 1. The van der Waals surface area contributed by atoms with Crippen molar-refractivity contribution >= 4 is 50.0 Å². The van der Waals surface area contributed by atoms with Gasteiger partial charge in [0.05, 0.1) is 4.21 Å². The highest BCUT2D eigenvalue weighted by atomic mass is 79.9. The summed E-state index contributed by atoms with van der Waals surface area (Å²) in [6.07, 6.45) is 0. The topological polar surface area (TPSA) is 0 Å². The van der Waals surface area contributed by atoms with Gasteiger partial charge in [0.15, 0.2) is 0 Å². The molecule has 0 nitrogen and oxygen atoms in total. The fourth-order valence-electron chi connectivity index (χ4n) is 1.16. The zero-order chi connectivity index (χ0) is 8.72. The van der Waals surface area contributed by atoms with Gasteiger partial charge in [-0.25, -0.2) is 0 Å². The molecule has 0 aliphatic heterocycles. The van der Waals surface area contributed by atoms with Crippen LogP contribution in [0.4, 0.5) is 0 Å². The molecule has 2 rings (SSSR count). The highest BCUT2D eigenvalue weighted by molar-refractivity contribution is 9.10. The second-order valence-electron chi connectivity index (χ2n) is 2.72. The van der Waals surface area contributed by atoms with Crippen LogP contribution in [0.25, 0.3) is 10.1 Å². The van der Waals surface area contributed by atoms with Crippen LogP contribution in [0.1, 0.15) is 5.56 Å². The molecule has 0 aliphatic rings. The van der Waals surface area contributed by atoms with Gasteiger partial charge in [-0.1, -0.05) is 12.1 Å². The van der Waals surface area contributed by atoms with Gasteiger partial charge in [0.1, 0.15) is 0 Å². The van der Waals surface area contributed by atoms with Gasteiger partial charge in [0.25, 0.3) is 0 Å². The molecule has 0 fully saturated rings. The Balaban J connectivity index is 2.87. The number of hydrogen-bond donors (Lipinski definition) is 1. The number of thiophene rings is 1. The van der Waals surface area contributed by atoms with Crippen molar-refractivity contribution in [3.05, 3.63) is 28.2 Å². The molecule has 62 valence electrons. The Bertz CT molecular complexity index is 431. The third-order valence-electron chi connectivity index (χ3n) is 1.77. The lowest BCUT2D eigenvalue weighted by atomic mass is 10.2. The van der Waals surface area contributed by atoms with Gasteiger partial charge in [-0.2, -0.15) is 0 Å². The van der Waals surface area contributed by atoms with E-state index in [-0.39, 0.29) is 0 Å². The van der Waals surface area contributed by atoms with Crippen LogP contribution in [0.2, 0.25) is 0 Å². The van der Waals surface area contributed by atoms with E-state index in [0.717, 1.165) is 8.68 Å². The van der Waals surface area contributed by atoms with Gasteiger partial charge in [-0.3, -0.25) is 0 Å². The van der Waals surface area contributed by atoms with Crippen molar-refractivity contribution in [1.82, 2.24) is 0 Å². The lowest BCUT2D eigenvalue weighted by Crippen LogP contribution is -1.68. The molecule has 0 amide bonds. The summed E-state index contributed by atoms with van der Waals surface area (Å²) in [7, 11) is 0. The van der Waals surface area contributed by atoms with Crippen molar-refractivity contribution < 1.29 is 0 Å². The molecular weight excluding hydrogens is 252 g/mol. The van der Waals surface area contributed by atoms with Crippen molar-refractivity contribution in [3.8, 4) is 0 Å². The summed E-state index contributed by atoms with van der Waals surface area (Å²) in [5, 5.41) is 1.26. The van der Waals surface area contributed by atoms with Gasteiger partial charge in [0, 0.05) is 14.6 Å². The first-order valence-corrected chi connectivity index (χ1v) is 5.62. The average Bonchev–Trinajstić information content (AvgIpc) is 2.28. The van der Waals surface area contributed by atoms with Crippen LogP contribution < -0.4 is 0 Å². The molecule has 2 aromatic rings. The maximum atomic E-state index is 4.36. The first kappa shape index (κ1) is 8.60. The molecule has 0 saturated heterocycles. The highest BCUT2D eigenvalue weighted by Crippen LogP contribution is 2.37. The number of halogens is 1. The molecule has 0 radical (unpaired) electrons. The third kappa shape index (κ3) is 1.30. The standard InChI is InChI=1S/C9H7BrS2/c1-5-2-3-6-7(4-5)12-9(11)8(6)10/h2-4,11H,1H3. The Morgan fingerprint density at radius 1 is 1.42 bits per heavy atom. The van der Waals surface area contributed by atoms with Crippen LogP contribution in [0.5, 0.6) is 0 Å². The Hall–Kier alpha value is 0.01000. The first-order chi connectivity index (χ1) is 5.68. The third-order valence-corrected chi connectivity index (χ3v) is 4.61. The molecule has 0 atom stereocenters. The average molecular weight is 259 g/mol. The van der Waals surface area contributed by atoms with Crippen LogP contribution in [0.15, 0.2) is 26.9 Å². The number of thiol groups is 1. The fraction of sp³-hybridized carbons (Fsp3) is 0.111. The number of aryl methyl sites for hydroxylation is 1. The lowest BCUT2D eigenvalue weighted by molar-refractivity contribution is 1.51. The van der Waals surface area contributed by atoms with Gasteiger partial charge in [-0.15, -0.1) is 24.0 Å². The van der Waals surface area contributed by atoms with E-state index >= 15 is 0 Å². The molecule has 1 aromatic carbocycles. The summed E-state index contributed by atoms with van der Waals surface area (Å²) in [6.45, 7) is 2.10. The number of fused-ring (bicyclic) bond motifs is 1. The smallest absolute Gasteiger partial charge is 0.0723 e. The molecule has 0 spiro atoms. The van der Waals surface area contributed by atoms with Crippen molar-refractivity contribution in [2.75, 3.05) is 0 Å². The minimum atomic E-state index is 1.05. The largest absolute Gasteiger partial charge is 0.132 e. The summed E-state index contributed by atoms with van der Waals surface area (Å²) in [6, 6.07) is 6.43. The van der Waals surface area contributed by atoms with Crippen molar-refractivity contribution in [3.63, 3.8) is 0 Å². The van der Waals surface area contributed by atoms with Crippen LogP contribution >= 0.6 is 39.9 Å². The van der Waals surface area contributed by atoms with Gasteiger partial charge in [0.2, 0.25) is 0 Å². The Labute approximate surface area is 89.1 Å². The molecule has 1 heterocycles. The van der Waals surface area contributed by atoms with Crippen molar-refractivity contribution in [2.45, 2.75) is 11.1 Å². The van der Waals surface area contributed by atoms with Crippen LogP contribution in [0, 0.1) is 6.92 Å². The fourth-order valence-corrected chi connectivity index (χ4v) is 3.23. The minimum absolute atomic E-state index is 1.05. The van der Waals surface area contributed by atoms with Crippen molar-refractivity contribution in [1.29, 1.82) is 0 Å². The molecule has 0 unspecified atom stereocenters. The van der Waals surface area contributed by atoms with Crippen LogP contribution in [-0.4, -0.2) is 0 Å². The van der Waals surface area contributed by atoms with E-state index < -0.39 is 0 Å². The quantitative estimate of drug-likeness (QED) is 0.671. The van der Waals surface area contributed by atoms with Gasteiger partial charge in [-0.05, 0) is 34.5 Å². The van der Waals surface area contributed by atoms with Gasteiger partial charge >= 0.3 is 0 Å². The lowest BCUT2D eigenvalue weighted by Gasteiger charge is -1.91. The van der Waals surface area contributed by atoms with E-state index in [2.05, 4.69) is 53.7 Å². The van der Waals surface area contributed by atoms with E-state index in [0.29, 0.717) is 0 Å². The summed E-state index contributed by atoms with van der Waals surface area (Å²) >= 11 is 9.58. The predicted molar refractivity (Wildman–Crippen MR) is 61.5 cm³/mol. The van der Waals surface area contributed by atoms with E-state index in [4.69, 9.17) is 0 Å². The monoisotopic (exact) mass is 258 g/mol. The maximum Gasteiger partial charge on any atom is 0.0723 e. The molecule has 0 saturated carbocycles. The second kappa shape index (κ2) is 3.05. The summed E-state index contributed by atoms with van der Waals surface area (Å²) < 4.78 is 3.47. The molecule has 1 aromatic heterocycles. The van der Waals surface area contributed by atoms with E-state index in [1.807, 2.05) is 0 Å². The number of rotatable bonds is 0. The number of hydrogen-bond acceptors (Lipinski definition) is 2. The summed E-state index contributed by atoms with van der Waals surface area (Å²) in [5.41, 5.74) is 1.30. The molecule has 12 heavy (non-hydrogen) atoms. The van der Waals surface area contributed by atoms with Gasteiger partial charge < -0.3 is 0 Å². The summed E-state index contributed by atoms with van der Waals surface area (Å²) in [5.74, 6) is 0. The molecule has 0 N–H and O–H groups in total. The normalized spacial score (nSPS) is 10.9. The minimum Gasteiger partial charge on any atom is -0.132 e. The van der Waals surface area contributed by atoms with E-state index in [9.17, 15) is 0 Å². The first-order valence-electron chi connectivity index (χ1n) is 3.56. The molecular formula is C9H7BrS2. The summed E-state index contributed by atoms with van der Waals surface area (Å²) in [4.78, 5) is 0. The zero-order valence-electron chi connectivity index (χ0n) is 6.47. The molecule has 0 bridgehead atoms. The van der Waals surface area contributed by atoms with Crippen LogP contribution in [-0.2, 0) is 0 Å². The van der Waals surface area contributed by atoms with E-state index in [1.165, 1.54) is 15.6 Å². The maximum absolute atomic E-state index is 4.36. The Morgan fingerprint density at radius 3 is 2.92 bits per heavy atom. The molecule has 3 heteroatoms. The Kier molecular flexibility index (Phi) is 2.19. The SMILES string of the molecule is Cc1ccc2c(Br)c(S)sc2c1. The Morgan fingerprint density at radius 2 is 2.17 bits per heavy atom. The highest BCUT2D eigenvalue weighted by Gasteiger charge is 2.05.